The fraction of sp³-hybridized carbons (Fsp3) is 0.400. The topological polar surface area (TPSA) is 83.2 Å². The van der Waals surface area contributed by atoms with Crippen molar-refractivity contribution in [1.29, 1.82) is 0 Å². The van der Waals surface area contributed by atoms with Crippen molar-refractivity contribution in [2.45, 2.75) is 31.6 Å². The molecule has 0 aliphatic carbocycles. The highest BCUT2D eigenvalue weighted by Gasteiger charge is 2.13. The van der Waals surface area contributed by atoms with E-state index in [1.807, 2.05) is 13.8 Å². The first-order chi connectivity index (χ1) is 6.73. The third-order valence-corrected chi connectivity index (χ3v) is 3.18. The van der Waals surface area contributed by atoms with Gasteiger partial charge in [-0.05, 0) is 36.1 Å². The molecule has 5 heteroatoms. The number of hydrogen-bond acceptors (Lipinski definition) is 4. The molecular formula is C10H14NO3S-. The van der Waals surface area contributed by atoms with Crippen LogP contribution in [0.2, 0.25) is 0 Å². The highest BCUT2D eigenvalue weighted by atomic mass is 32.2. The van der Waals surface area contributed by atoms with Crippen molar-refractivity contribution < 1.29 is 13.0 Å². The van der Waals surface area contributed by atoms with Gasteiger partial charge in [0.1, 0.15) is 10.1 Å². The first kappa shape index (κ1) is 12.0. The molecule has 0 amide bonds. The third kappa shape index (κ3) is 2.49. The molecule has 15 heavy (non-hydrogen) atoms. The number of anilines is 1. The zero-order chi connectivity index (χ0) is 11.8. The molecule has 84 valence electrons. The number of nitrogens with two attached hydrogens (primary N) is 1. The van der Waals surface area contributed by atoms with Crippen molar-refractivity contribution in [2.75, 3.05) is 5.73 Å². The van der Waals surface area contributed by atoms with E-state index in [-0.39, 0.29) is 10.8 Å². The Balaban J connectivity index is 3.56. The Labute approximate surface area is 89.9 Å². The molecule has 0 bridgehead atoms. The van der Waals surface area contributed by atoms with Gasteiger partial charge < -0.3 is 10.3 Å². The van der Waals surface area contributed by atoms with Crippen LogP contribution >= 0.6 is 0 Å². The summed E-state index contributed by atoms with van der Waals surface area (Å²) in [5.41, 5.74) is 7.26. The summed E-state index contributed by atoms with van der Waals surface area (Å²) < 4.78 is 33.1. The summed E-state index contributed by atoms with van der Waals surface area (Å²) in [6.07, 6.45) is 0. The van der Waals surface area contributed by atoms with E-state index in [1.165, 1.54) is 6.07 Å². The van der Waals surface area contributed by atoms with Crippen LogP contribution < -0.4 is 5.73 Å². The number of aryl methyl sites for hydroxylation is 1. The molecule has 0 saturated heterocycles. The highest BCUT2D eigenvalue weighted by molar-refractivity contribution is 7.85. The SMILES string of the molecule is Cc1cc(S(=O)(=O)[O-])c(C(C)C)cc1N. The molecule has 0 radical (unpaired) electrons. The highest BCUT2D eigenvalue weighted by Crippen LogP contribution is 2.28. The van der Waals surface area contributed by atoms with Gasteiger partial charge in [0.2, 0.25) is 0 Å². The normalized spacial score (nSPS) is 12.1. The van der Waals surface area contributed by atoms with E-state index >= 15 is 0 Å². The molecule has 0 atom stereocenters. The van der Waals surface area contributed by atoms with Crippen LogP contribution in [-0.2, 0) is 10.1 Å². The first-order valence-corrected chi connectivity index (χ1v) is 6.00. The van der Waals surface area contributed by atoms with Gasteiger partial charge in [-0.2, -0.15) is 0 Å². The van der Waals surface area contributed by atoms with Crippen LogP contribution in [0.15, 0.2) is 17.0 Å². The van der Waals surface area contributed by atoms with Gasteiger partial charge >= 0.3 is 0 Å². The van der Waals surface area contributed by atoms with Gasteiger partial charge in [0.05, 0.1) is 4.90 Å². The lowest BCUT2D eigenvalue weighted by atomic mass is 10.0. The smallest absolute Gasteiger partial charge is 0.124 e. The van der Waals surface area contributed by atoms with Gasteiger partial charge in [0.15, 0.2) is 0 Å². The van der Waals surface area contributed by atoms with Gasteiger partial charge in [0.25, 0.3) is 0 Å². The molecule has 0 aromatic heterocycles. The predicted octanol–water partition coefficient (Wildman–Crippen LogP) is 1.60. The number of nitrogen functional groups attached to an aromatic ring is 1. The van der Waals surface area contributed by atoms with E-state index in [0.717, 1.165) is 0 Å². The zero-order valence-electron chi connectivity index (χ0n) is 8.94. The molecule has 0 unspecified atom stereocenters. The van der Waals surface area contributed by atoms with Gasteiger partial charge in [-0.3, -0.25) is 0 Å². The minimum Gasteiger partial charge on any atom is -0.744 e. The van der Waals surface area contributed by atoms with Gasteiger partial charge in [-0.15, -0.1) is 0 Å². The zero-order valence-corrected chi connectivity index (χ0v) is 9.76. The predicted molar refractivity (Wildman–Crippen MR) is 57.6 cm³/mol. The Bertz CT molecular complexity index is 478. The second-order valence-corrected chi connectivity index (χ2v) is 5.20. The van der Waals surface area contributed by atoms with Crippen LogP contribution in [0.3, 0.4) is 0 Å². The summed E-state index contributed by atoms with van der Waals surface area (Å²) in [6, 6.07) is 2.90. The van der Waals surface area contributed by atoms with E-state index in [9.17, 15) is 13.0 Å². The molecule has 2 N–H and O–H groups in total. The van der Waals surface area contributed by atoms with Crippen molar-refractivity contribution in [1.82, 2.24) is 0 Å². The number of rotatable bonds is 2. The molecule has 1 aromatic carbocycles. The second-order valence-electron chi connectivity index (χ2n) is 3.86. The molecule has 1 rings (SSSR count). The van der Waals surface area contributed by atoms with E-state index in [1.54, 1.807) is 13.0 Å². The quantitative estimate of drug-likeness (QED) is 0.615. The van der Waals surface area contributed by atoms with Crippen LogP contribution in [0.4, 0.5) is 5.69 Å². The lowest BCUT2D eigenvalue weighted by molar-refractivity contribution is 0.461. The van der Waals surface area contributed by atoms with Crippen molar-refractivity contribution in [3.8, 4) is 0 Å². The molecule has 0 saturated carbocycles. The Morgan fingerprint density at radius 1 is 1.33 bits per heavy atom. The maximum absolute atomic E-state index is 11.0. The molecule has 0 aliphatic heterocycles. The van der Waals surface area contributed by atoms with Gasteiger partial charge in [0, 0.05) is 5.69 Å². The maximum Gasteiger partial charge on any atom is 0.124 e. The molecule has 0 aliphatic rings. The van der Waals surface area contributed by atoms with Crippen molar-refractivity contribution >= 4 is 15.8 Å². The largest absolute Gasteiger partial charge is 0.744 e. The van der Waals surface area contributed by atoms with E-state index in [0.29, 0.717) is 16.8 Å². The fourth-order valence-corrected chi connectivity index (χ4v) is 2.29. The Morgan fingerprint density at radius 3 is 2.27 bits per heavy atom. The van der Waals surface area contributed by atoms with Crippen LogP contribution in [0.5, 0.6) is 0 Å². The number of hydrogen-bond donors (Lipinski definition) is 1. The summed E-state index contributed by atoms with van der Waals surface area (Å²) in [5, 5.41) is 0. The van der Waals surface area contributed by atoms with Crippen LogP contribution in [0.25, 0.3) is 0 Å². The summed E-state index contributed by atoms with van der Waals surface area (Å²) in [5.74, 6) is -0.0494. The first-order valence-electron chi connectivity index (χ1n) is 4.59. The van der Waals surface area contributed by atoms with Crippen molar-refractivity contribution in [3.63, 3.8) is 0 Å². The molecule has 1 aromatic rings. The Kier molecular flexibility index (Phi) is 3.06. The van der Waals surface area contributed by atoms with E-state index in [2.05, 4.69) is 0 Å². The van der Waals surface area contributed by atoms with Crippen LogP contribution in [0, 0.1) is 6.92 Å². The Morgan fingerprint density at radius 2 is 1.87 bits per heavy atom. The monoisotopic (exact) mass is 228 g/mol. The van der Waals surface area contributed by atoms with Crippen molar-refractivity contribution in [3.05, 3.63) is 23.3 Å². The van der Waals surface area contributed by atoms with Gasteiger partial charge in [-0.25, -0.2) is 8.42 Å². The minimum absolute atomic E-state index is 0.0494. The van der Waals surface area contributed by atoms with Gasteiger partial charge in [-0.1, -0.05) is 13.8 Å². The molecule has 0 fully saturated rings. The molecule has 4 nitrogen and oxygen atoms in total. The summed E-state index contributed by atoms with van der Waals surface area (Å²) in [7, 11) is -4.42. The van der Waals surface area contributed by atoms with Crippen molar-refractivity contribution in [2.24, 2.45) is 0 Å². The third-order valence-electron chi connectivity index (χ3n) is 2.29. The van der Waals surface area contributed by atoms with E-state index < -0.39 is 10.1 Å². The number of benzene rings is 1. The fourth-order valence-electron chi connectivity index (χ4n) is 1.38. The van der Waals surface area contributed by atoms with Crippen LogP contribution in [-0.4, -0.2) is 13.0 Å². The summed E-state index contributed by atoms with van der Waals surface area (Å²) in [4.78, 5) is -0.163. The van der Waals surface area contributed by atoms with Crippen LogP contribution in [0.1, 0.15) is 30.9 Å². The second kappa shape index (κ2) is 3.83. The Hall–Kier alpha value is -1.07. The lowest BCUT2D eigenvalue weighted by Crippen LogP contribution is -2.07. The average Bonchev–Trinajstić information content (AvgIpc) is 2.06. The van der Waals surface area contributed by atoms with E-state index in [4.69, 9.17) is 5.73 Å². The molecular weight excluding hydrogens is 214 g/mol. The maximum atomic E-state index is 11.0. The molecule has 0 spiro atoms. The summed E-state index contributed by atoms with van der Waals surface area (Å²) >= 11 is 0. The average molecular weight is 228 g/mol. The summed E-state index contributed by atoms with van der Waals surface area (Å²) in [6.45, 7) is 5.31. The lowest BCUT2D eigenvalue weighted by Gasteiger charge is -2.17. The minimum atomic E-state index is -4.42. The molecule has 0 heterocycles. The standard InChI is InChI=1S/C10H15NO3S/c1-6(2)8-5-9(11)7(3)4-10(8)15(12,13)14/h4-6H,11H2,1-3H3,(H,12,13,14)/p-1.